The molecule has 31 heavy (non-hydrogen) atoms. The van der Waals surface area contributed by atoms with Gasteiger partial charge in [-0.1, -0.05) is 51.1 Å². The topological polar surface area (TPSA) is 52.7 Å². The number of rotatable bonds is 6. The molecule has 2 aromatic rings. The Kier molecular flexibility index (Phi) is 7.11. The van der Waals surface area contributed by atoms with Crippen molar-refractivity contribution in [1.29, 1.82) is 0 Å². The maximum absolute atomic E-state index is 14.4. The smallest absolute Gasteiger partial charge is 0.236 e. The Morgan fingerprint density at radius 3 is 2.23 bits per heavy atom. The first-order valence-corrected chi connectivity index (χ1v) is 10.8. The van der Waals surface area contributed by atoms with Crippen molar-refractivity contribution in [1.82, 2.24) is 10.2 Å². The first-order valence-electron chi connectivity index (χ1n) is 10.8. The lowest BCUT2D eigenvalue weighted by atomic mass is 9.82. The minimum atomic E-state index is -0.398. The average molecular weight is 426 g/mol. The van der Waals surface area contributed by atoms with E-state index in [-0.39, 0.29) is 29.7 Å². The van der Waals surface area contributed by atoms with E-state index in [0.29, 0.717) is 37.4 Å². The molecular weight excluding hydrogens is 393 g/mol. The lowest BCUT2D eigenvalue weighted by Gasteiger charge is -2.37. The third kappa shape index (κ3) is 5.70. The number of anilines is 1. The molecule has 1 aliphatic rings. The Bertz CT molecular complexity index is 916. The molecule has 5 nitrogen and oxygen atoms in total. The summed E-state index contributed by atoms with van der Waals surface area (Å²) >= 11 is 0. The number of ketones is 1. The number of nitrogens with one attached hydrogen (secondary N) is 1. The van der Waals surface area contributed by atoms with E-state index in [1.54, 1.807) is 12.1 Å². The third-order valence-corrected chi connectivity index (χ3v) is 5.78. The second-order valence-corrected chi connectivity index (χ2v) is 9.18. The molecule has 1 atom stereocenters. The van der Waals surface area contributed by atoms with E-state index in [0.717, 1.165) is 5.56 Å². The number of hydrogen-bond donors (Lipinski definition) is 1. The molecular formula is C25H32FN3O2. The molecule has 1 heterocycles. The van der Waals surface area contributed by atoms with E-state index in [1.807, 2.05) is 28.0 Å². The van der Waals surface area contributed by atoms with Gasteiger partial charge in [0.2, 0.25) is 5.91 Å². The van der Waals surface area contributed by atoms with E-state index in [4.69, 9.17) is 0 Å². The molecule has 0 radical (unpaired) electrons. The summed E-state index contributed by atoms with van der Waals surface area (Å²) < 4.78 is 14.4. The molecule has 1 saturated heterocycles. The van der Waals surface area contributed by atoms with Gasteiger partial charge >= 0.3 is 0 Å². The standard InChI is InChI=1S/C25H32FN3O2/c1-18(30)20-10-11-22(21(26)16-20)28-12-14-29(15-13-28)23(31)17-27-24(25(2,3)4)19-8-6-5-7-9-19/h5-11,16,24,27H,12-15,17H2,1-4H3. The van der Waals surface area contributed by atoms with E-state index in [1.165, 1.54) is 13.0 Å². The lowest BCUT2D eigenvalue weighted by molar-refractivity contribution is -0.130. The fourth-order valence-electron chi connectivity index (χ4n) is 4.05. The summed E-state index contributed by atoms with van der Waals surface area (Å²) in [7, 11) is 0. The van der Waals surface area contributed by atoms with Crippen LogP contribution in [-0.4, -0.2) is 49.3 Å². The number of nitrogens with zero attached hydrogens (tertiary/aromatic N) is 2. The fourth-order valence-corrected chi connectivity index (χ4v) is 4.05. The van der Waals surface area contributed by atoms with Gasteiger partial charge in [0.25, 0.3) is 0 Å². The number of carbonyl (C=O) groups is 2. The van der Waals surface area contributed by atoms with Crippen LogP contribution in [0.2, 0.25) is 0 Å². The van der Waals surface area contributed by atoms with Crippen LogP contribution in [0.15, 0.2) is 48.5 Å². The first kappa shape index (κ1) is 22.9. The van der Waals surface area contributed by atoms with Crippen molar-refractivity contribution >= 4 is 17.4 Å². The van der Waals surface area contributed by atoms with Gasteiger partial charge < -0.3 is 15.1 Å². The van der Waals surface area contributed by atoms with Crippen LogP contribution < -0.4 is 10.2 Å². The zero-order chi connectivity index (χ0) is 22.6. The van der Waals surface area contributed by atoms with Gasteiger partial charge in [-0.3, -0.25) is 9.59 Å². The summed E-state index contributed by atoms with van der Waals surface area (Å²) in [5, 5.41) is 3.45. The largest absolute Gasteiger partial charge is 0.366 e. The molecule has 0 spiro atoms. The zero-order valence-electron chi connectivity index (χ0n) is 18.8. The summed E-state index contributed by atoms with van der Waals surface area (Å²) in [4.78, 5) is 28.0. The summed E-state index contributed by atoms with van der Waals surface area (Å²) in [5.74, 6) is -0.500. The molecule has 1 N–H and O–H groups in total. The zero-order valence-corrected chi connectivity index (χ0v) is 18.8. The molecule has 1 fully saturated rings. The highest BCUT2D eigenvalue weighted by atomic mass is 19.1. The second-order valence-electron chi connectivity index (χ2n) is 9.18. The quantitative estimate of drug-likeness (QED) is 0.710. The number of amides is 1. The molecule has 0 bridgehead atoms. The van der Waals surface area contributed by atoms with Crippen molar-refractivity contribution in [2.45, 2.75) is 33.7 Å². The molecule has 1 aliphatic heterocycles. The monoisotopic (exact) mass is 425 g/mol. The van der Waals surface area contributed by atoms with E-state index < -0.39 is 5.82 Å². The van der Waals surface area contributed by atoms with Gasteiger partial charge in [-0.05, 0) is 36.1 Å². The van der Waals surface area contributed by atoms with E-state index in [9.17, 15) is 14.0 Å². The highest BCUT2D eigenvalue weighted by Gasteiger charge is 2.28. The number of benzene rings is 2. The van der Waals surface area contributed by atoms with Crippen molar-refractivity contribution in [2.24, 2.45) is 5.41 Å². The number of Topliss-reactive ketones (excluding diaryl/α,β-unsaturated/α-hetero) is 1. The summed E-state index contributed by atoms with van der Waals surface area (Å²) in [6.45, 7) is 10.4. The van der Waals surface area contributed by atoms with Crippen molar-refractivity contribution < 1.29 is 14.0 Å². The van der Waals surface area contributed by atoms with Crippen LogP contribution in [0.4, 0.5) is 10.1 Å². The van der Waals surface area contributed by atoms with Gasteiger partial charge in [0.1, 0.15) is 5.82 Å². The second kappa shape index (κ2) is 9.60. The van der Waals surface area contributed by atoms with Gasteiger partial charge in [0, 0.05) is 37.8 Å². The third-order valence-electron chi connectivity index (χ3n) is 5.78. The molecule has 166 valence electrons. The predicted octanol–water partition coefficient (Wildman–Crippen LogP) is 4.05. The van der Waals surface area contributed by atoms with Crippen LogP contribution >= 0.6 is 0 Å². The Morgan fingerprint density at radius 2 is 1.68 bits per heavy atom. The number of hydrogen-bond acceptors (Lipinski definition) is 4. The molecule has 1 unspecified atom stereocenters. The Labute approximate surface area is 184 Å². The number of carbonyl (C=O) groups excluding carboxylic acids is 2. The van der Waals surface area contributed by atoms with Crippen LogP contribution in [-0.2, 0) is 4.79 Å². The first-order chi connectivity index (χ1) is 14.7. The summed E-state index contributed by atoms with van der Waals surface area (Å²) in [5.41, 5.74) is 1.97. The molecule has 3 rings (SSSR count). The Hall–Kier alpha value is -2.73. The summed E-state index contributed by atoms with van der Waals surface area (Å²) in [6, 6.07) is 14.8. The van der Waals surface area contributed by atoms with Gasteiger partial charge in [0.15, 0.2) is 5.78 Å². The Morgan fingerprint density at radius 1 is 1.03 bits per heavy atom. The normalized spacial score (nSPS) is 15.6. The van der Waals surface area contributed by atoms with Gasteiger partial charge in [-0.15, -0.1) is 0 Å². The van der Waals surface area contributed by atoms with Gasteiger partial charge in [-0.25, -0.2) is 4.39 Å². The highest BCUT2D eigenvalue weighted by Crippen LogP contribution is 2.32. The fraction of sp³-hybridized carbons (Fsp3) is 0.440. The summed E-state index contributed by atoms with van der Waals surface area (Å²) in [6.07, 6.45) is 0. The molecule has 0 aliphatic carbocycles. The van der Waals surface area contributed by atoms with Crippen LogP contribution in [0, 0.1) is 11.2 Å². The van der Waals surface area contributed by atoms with Gasteiger partial charge in [-0.2, -0.15) is 0 Å². The van der Waals surface area contributed by atoms with Crippen LogP contribution in [0.25, 0.3) is 0 Å². The van der Waals surface area contributed by atoms with Crippen molar-refractivity contribution in [3.63, 3.8) is 0 Å². The van der Waals surface area contributed by atoms with E-state index >= 15 is 0 Å². The number of halogens is 1. The minimum absolute atomic E-state index is 0.0378. The minimum Gasteiger partial charge on any atom is -0.366 e. The van der Waals surface area contributed by atoms with Gasteiger partial charge in [0.05, 0.1) is 12.2 Å². The maximum Gasteiger partial charge on any atom is 0.236 e. The number of piperazine rings is 1. The Balaban J connectivity index is 1.57. The van der Waals surface area contributed by atoms with E-state index in [2.05, 4.69) is 38.2 Å². The molecule has 0 aromatic heterocycles. The predicted molar refractivity (Wildman–Crippen MR) is 122 cm³/mol. The van der Waals surface area contributed by atoms with Crippen LogP contribution in [0.3, 0.4) is 0 Å². The highest BCUT2D eigenvalue weighted by molar-refractivity contribution is 5.94. The van der Waals surface area contributed by atoms with Crippen molar-refractivity contribution in [2.75, 3.05) is 37.6 Å². The van der Waals surface area contributed by atoms with Crippen molar-refractivity contribution in [3.8, 4) is 0 Å². The van der Waals surface area contributed by atoms with Crippen molar-refractivity contribution in [3.05, 3.63) is 65.5 Å². The van der Waals surface area contributed by atoms with Crippen LogP contribution in [0.1, 0.15) is 49.7 Å². The average Bonchev–Trinajstić information content (AvgIpc) is 2.73. The SMILES string of the molecule is CC(=O)c1ccc(N2CCN(C(=O)CNC(c3ccccc3)C(C)(C)C)CC2)c(F)c1. The maximum atomic E-state index is 14.4. The lowest BCUT2D eigenvalue weighted by Crippen LogP contribution is -2.51. The molecule has 2 aromatic carbocycles. The molecule has 6 heteroatoms. The van der Waals surface area contributed by atoms with Crippen LogP contribution in [0.5, 0.6) is 0 Å². The molecule has 1 amide bonds. The molecule has 0 saturated carbocycles.